The van der Waals surface area contributed by atoms with Gasteiger partial charge >= 0.3 is 0 Å². The normalized spacial score (nSPS) is 11.1. The summed E-state index contributed by atoms with van der Waals surface area (Å²) in [7, 11) is 0. The van der Waals surface area contributed by atoms with Gasteiger partial charge in [0.2, 0.25) is 22.1 Å². The molecule has 0 fully saturated rings. The van der Waals surface area contributed by atoms with Gasteiger partial charge in [-0.25, -0.2) is 0 Å². The summed E-state index contributed by atoms with van der Waals surface area (Å²) in [6.07, 6.45) is 21.4. The summed E-state index contributed by atoms with van der Waals surface area (Å²) in [6.45, 7) is 4.83. The number of nitrogens with one attached hydrogen (secondary N) is 3. The Morgan fingerprint density at radius 1 is 0.812 bits per heavy atom. The maximum Gasteiger partial charge on any atom is 0.226 e. The largest absolute Gasteiger partial charge is 0.358 e. The molecule has 0 saturated heterocycles. The predicted octanol–water partition coefficient (Wildman–Crippen LogP) is 6.06. The van der Waals surface area contributed by atoms with E-state index in [4.69, 9.17) is 0 Å². The van der Waals surface area contributed by atoms with Crippen LogP contribution >= 0.6 is 11.3 Å². The molecule has 1 heterocycles. The van der Waals surface area contributed by atoms with Gasteiger partial charge in [0.15, 0.2) is 0 Å². The third-order valence-corrected chi connectivity index (χ3v) is 5.91. The fraction of sp³-hybridized carbons (Fsp3) is 0.750. The molecule has 0 unspecified atom stereocenters. The van der Waals surface area contributed by atoms with E-state index in [2.05, 4.69) is 45.2 Å². The van der Waals surface area contributed by atoms with Crippen LogP contribution in [0.25, 0.3) is 0 Å². The maximum absolute atomic E-state index is 12.0. The zero-order valence-electron chi connectivity index (χ0n) is 20.1. The smallest absolute Gasteiger partial charge is 0.226 e. The second-order valence-electron chi connectivity index (χ2n) is 8.20. The van der Waals surface area contributed by atoms with Gasteiger partial charge < -0.3 is 16.0 Å². The van der Waals surface area contributed by atoms with Gasteiger partial charge in [0.05, 0.1) is 0 Å². The van der Waals surface area contributed by atoms with Crippen molar-refractivity contribution in [1.29, 1.82) is 0 Å². The Morgan fingerprint density at radius 3 is 2.06 bits per heavy atom. The zero-order chi connectivity index (χ0) is 23.3. The van der Waals surface area contributed by atoms with Crippen LogP contribution in [0.4, 0.5) is 10.3 Å². The van der Waals surface area contributed by atoms with Crippen molar-refractivity contribution in [2.45, 2.75) is 104 Å². The molecule has 0 aliphatic heterocycles. The number of nitrogens with zero attached hydrogens (tertiary/aromatic N) is 2. The van der Waals surface area contributed by atoms with Gasteiger partial charge in [0, 0.05) is 26.4 Å². The van der Waals surface area contributed by atoms with Crippen molar-refractivity contribution in [3.8, 4) is 0 Å². The number of hydrogen-bond donors (Lipinski definition) is 3. The van der Waals surface area contributed by atoms with Crippen LogP contribution in [0.1, 0.15) is 104 Å². The zero-order valence-corrected chi connectivity index (χ0v) is 20.9. The molecule has 1 rings (SSSR count). The van der Waals surface area contributed by atoms with E-state index in [1.807, 2.05) is 0 Å². The molecule has 0 aliphatic rings. The summed E-state index contributed by atoms with van der Waals surface area (Å²) in [5, 5.41) is 17.7. The predicted molar refractivity (Wildman–Crippen MR) is 135 cm³/mol. The molecule has 0 saturated carbocycles. The van der Waals surface area contributed by atoms with Gasteiger partial charge in [-0.1, -0.05) is 81.8 Å². The summed E-state index contributed by atoms with van der Waals surface area (Å²) in [4.78, 5) is 22.9. The first-order chi connectivity index (χ1) is 15.6. The van der Waals surface area contributed by atoms with E-state index in [1.165, 1.54) is 88.9 Å². The fourth-order valence-corrected chi connectivity index (χ4v) is 3.98. The first-order valence-corrected chi connectivity index (χ1v) is 13.2. The standard InChI is InChI=1S/C24H43N5O2S/c1-3-4-5-6-7-8-9-10-11-12-13-14-15-16-17-18-22(31)27-24-29-28-23(32-24)26-20-19-25-21(2)30/h10-11H,3-9,12-20H2,1-2H3,(H,25,30)(H,26,28)(H,27,29,31). The lowest BCUT2D eigenvalue weighted by Gasteiger charge is -2.02. The molecule has 32 heavy (non-hydrogen) atoms. The Labute approximate surface area is 198 Å². The Morgan fingerprint density at radius 2 is 1.41 bits per heavy atom. The van der Waals surface area contributed by atoms with Crippen LogP contribution in [0.3, 0.4) is 0 Å². The highest BCUT2D eigenvalue weighted by Gasteiger charge is 2.07. The van der Waals surface area contributed by atoms with Gasteiger partial charge in [-0.15, -0.1) is 10.2 Å². The number of carbonyl (C=O) groups is 2. The van der Waals surface area contributed by atoms with Crippen LogP contribution < -0.4 is 16.0 Å². The molecule has 0 radical (unpaired) electrons. The van der Waals surface area contributed by atoms with E-state index in [-0.39, 0.29) is 11.8 Å². The van der Waals surface area contributed by atoms with Crippen molar-refractivity contribution in [2.24, 2.45) is 0 Å². The summed E-state index contributed by atoms with van der Waals surface area (Å²) < 4.78 is 0. The Balaban J connectivity index is 1.93. The van der Waals surface area contributed by atoms with E-state index in [1.54, 1.807) is 0 Å². The first-order valence-electron chi connectivity index (χ1n) is 12.4. The lowest BCUT2D eigenvalue weighted by atomic mass is 10.1. The molecule has 0 bridgehead atoms. The molecular formula is C24H43N5O2S. The SMILES string of the molecule is CCCCCCCCC=CCCCCCCCC(=O)Nc1nnc(NCCNC(C)=O)s1. The third-order valence-electron chi connectivity index (χ3n) is 5.11. The lowest BCUT2D eigenvalue weighted by molar-refractivity contribution is -0.119. The summed E-state index contributed by atoms with van der Waals surface area (Å²) in [6, 6.07) is 0. The lowest BCUT2D eigenvalue weighted by Crippen LogP contribution is -2.26. The van der Waals surface area contributed by atoms with Gasteiger partial charge in [-0.3, -0.25) is 9.59 Å². The second kappa shape index (κ2) is 19.7. The number of aromatic nitrogens is 2. The summed E-state index contributed by atoms with van der Waals surface area (Å²) in [5.41, 5.74) is 0. The number of hydrogen-bond acceptors (Lipinski definition) is 6. The Bertz CT molecular complexity index is 648. The van der Waals surface area contributed by atoms with Crippen molar-refractivity contribution in [3.05, 3.63) is 12.2 Å². The summed E-state index contributed by atoms with van der Waals surface area (Å²) >= 11 is 1.30. The topological polar surface area (TPSA) is 96.0 Å². The minimum Gasteiger partial charge on any atom is -0.358 e. The van der Waals surface area contributed by atoms with E-state index in [9.17, 15) is 9.59 Å². The van der Waals surface area contributed by atoms with Gasteiger partial charge in [0.25, 0.3) is 0 Å². The minimum absolute atomic E-state index is 0.0106. The van der Waals surface area contributed by atoms with Crippen LogP contribution in [-0.2, 0) is 9.59 Å². The maximum atomic E-state index is 12.0. The van der Waals surface area contributed by atoms with Crippen molar-refractivity contribution in [2.75, 3.05) is 23.7 Å². The van der Waals surface area contributed by atoms with Crippen molar-refractivity contribution < 1.29 is 9.59 Å². The molecule has 1 aromatic heterocycles. The molecule has 7 nitrogen and oxygen atoms in total. The highest BCUT2D eigenvalue weighted by molar-refractivity contribution is 7.19. The van der Waals surface area contributed by atoms with Crippen LogP contribution in [0.5, 0.6) is 0 Å². The fourth-order valence-electron chi connectivity index (χ4n) is 3.29. The molecule has 8 heteroatoms. The average Bonchev–Trinajstić information content (AvgIpc) is 3.21. The molecule has 1 aromatic rings. The molecular weight excluding hydrogens is 422 g/mol. The van der Waals surface area contributed by atoms with Crippen molar-refractivity contribution in [3.63, 3.8) is 0 Å². The van der Waals surface area contributed by atoms with E-state index >= 15 is 0 Å². The molecule has 0 spiro atoms. The minimum atomic E-state index is -0.0624. The highest BCUT2D eigenvalue weighted by Crippen LogP contribution is 2.20. The van der Waals surface area contributed by atoms with E-state index < -0.39 is 0 Å². The van der Waals surface area contributed by atoms with Crippen LogP contribution in [0, 0.1) is 0 Å². The second-order valence-corrected chi connectivity index (χ2v) is 9.18. The number of carbonyl (C=O) groups excluding carboxylic acids is 2. The molecule has 182 valence electrons. The van der Waals surface area contributed by atoms with Crippen LogP contribution in [0.2, 0.25) is 0 Å². The molecule has 0 aliphatic carbocycles. The molecule has 2 amide bonds. The highest BCUT2D eigenvalue weighted by atomic mass is 32.1. The Hall–Kier alpha value is -1.96. The van der Waals surface area contributed by atoms with Crippen molar-refractivity contribution in [1.82, 2.24) is 15.5 Å². The van der Waals surface area contributed by atoms with Crippen LogP contribution in [0.15, 0.2) is 12.2 Å². The molecule has 3 N–H and O–H groups in total. The Kier molecular flexibility index (Phi) is 17.3. The molecule has 0 atom stereocenters. The van der Waals surface area contributed by atoms with E-state index in [0.29, 0.717) is 29.8 Å². The number of anilines is 2. The quantitative estimate of drug-likeness (QED) is 0.161. The monoisotopic (exact) mass is 465 g/mol. The van der Waals surface area contributed by atoms with Crippen LogP contribution in [-0.4, -0.2) is 35.1 Å². The average molecular weight is 466 g/mol. The first kappa shape index (κ1) is 28.1. The summed E-state index contributed by atoms with van der Waals surface area (Å²) in [5.74, 6) is -0.0729. The molecule has 0 aromatic carbocycles. The number of amides is 2. The van der Waals surface area contributed by atoms with Gasteiger partial charge in [-0.2, -0.15) is 0 Å². The van der Waals surface area contributed by atoms with Gasteiger partial charge in [-0.05, 0) is 32.1 Å². The van der Waals surface area contributed by atoms with Crippen molar-refractivity contribution >= 4 is 33.4 Å². The number of rotatable bonds is 20. The van der Waals surface area contributed by atoms with E-state index in [0.717, 1.165) is 12.8 Å². The number of allylic oxidation sites excluding steroid dienone is 2. The van der Waals surface area contributed by atoms with Gasteiger partial charge in [0.1, 0.15) is 0 Å². The number of unbranched alkanes of at least 4 members (excludes halogenated alkanes) is 11. The third kappa shape index (κ3) is 16.7.